The molecule has 0 fully saturated rings. The van der Waals surface area contributed by atoms with Crippen LogP contribution in [0.25, 0.3) is 0 Å². The summed E-state index contributed by atoms with van der Waals surface area (Å²) in [6.45, 7) is 3.10. The Morgan fingerprint density at radius 2 is 1.74 bits per heavy atom. The normalized spacial score (nSPS) is 12.3. The third-order valence-electron chi connectivity index (χ3n) is 3.25. The summed E-state index contributed by atoms with van der Waals surface area (Å²) in [5.74, 6) is 0. The van der Waals surface area contributed by atoms with Crippen molar-refractivity contribution in [2.75, 3.05) is 0 Å². The molecular weight excluding hydrogens is 254 g/mol. The summed E-state index contributed by atoms with van der Waals surface area (Å²) in [4.78, 5) is 0. The Balaban J connectivity index is 1.74. The zero-order valence-corrected chi connectivity index (χ0v) is 12.0. The van der Waals surface area contributed by atoms with E-state index in [2.05, 4.69) is 48.6 Å². The fourth-order valence-electron chi connectivity index (χ4n) is 2.07. The lowest BCUT2D eigenvalue weighted by Crippen LogP contribution is -2.25. The average Bonchev–Trinajstić information content (AvgIpc) is 2.44. The second-order valence-corrected chi connectivity index (χ2v) is 5.37. The van der Waals surface area contributed by atoms with Gasteiger partial charge in [-0.05, 0) is 43.0 Å². The lowest BCUT2D eigenvalue weighted by atomic mass is 10.1. The van der Waals surface area contributed by atoms with Gasteiger partial charge in [-0.15, -0.1) is 0 Å². The van der Waals surface area contributed by atoms with Crippen molar-refractivity contribution in [1.82, 2.24) is 5.32 Å². The highest BCUT2D eigenvalue weighted by molar-refractivity contribution is 6.30. The SMILES string of the molecule is C[C@@H](CCc1ccccc1)NCc1cccc(Cl)c1. The lowest BCUT2D eigenvalue weighted by Gasteiger charge is -2.14. The van der Waals surface area contributed by atoms with Gasteiger partial charge in [0.1, 0.15) is 0 Å². The first kappa shape index (κ1) is 14.1. The van der Waals surface area contributed by atoms with Gasteiger partial charge in [0, 0.05) is 17.6 Å². The molecule has 0 spiro atoms. The van der Waals surface area contributed by atoms with Crippen LogP contribution in [-0.2, 0) is 13.0 Å². The molecule has 2 aromatic carbocycles. The van der Waals surface area contributed by atoms with Gasteiger partial charge < -0.3 is 5.32 Å². The molecule has 2 rings (SSSR count). The molecule has 0 aromatic heterocycles. The molecule has 0 aliphatic carbocycles. The van der Waals surface area contributed by atoms with E-state index in [4.69, 9.17) is 11.6 Å². The van der Waals surface area contributed by atoms with Gasteiger partial charge in [-0.3, -0.25) is 0 Å². The zero-order valence-electron chi connectivity index (χ0n) is 11.3. The van der Waals surface area contributed by atoms with E-state index in [0.717, 1.165) is 24.4 Å². The van der Waals surface area contributed by atoms with Crippen LogP contribution in [0.2, 0.25) is 5.02 Å². The van der Waals surface area contributed by atoms with E-state index >= 15 is 0 Å². The molecule has 0 amide bonds. The summed E-state index contributed by atoms with van der Waals surface area (Å²) in [6.07, 6.45) is 2.26. The lowest BCUT2D eigenvalue weighted by molar-refractivity contribution is 0.514. The molecule has 0 heterocycles. The first-order chi connectivity index (χ1) is 9.24. The number of rotatable bonds is 6. The van der Waals surface area contributed by atoms with Gasteiger partial charge in [0.15, 0.2) is 0 Å². The van der Waals surface area contributed by atoms with Crippen LogP contribution >= 0.6 is 11.6 Å². The highest BCUT2D eigenvalue weighted by atomic mass is 35.5. The number of hydrogen-bond donors (Lipinski definition) is 1. The van der Waals surface area contributed by atoms with Crippen LogP contribution in [0.3, 0.4) is 0 Å². The molecule has 0 saturated heterocycles. The van der Waals surface area contributed by atoms with Crippen molar-refractivity contribution in [3.63, 3.8) is 0 Å². The van der Waals surface area contributed by atoms with Crippen molar-refractivity contribution in [1.29, 1.82) is 0 Å². The minimum atomic E-state index is 0.499. The first-order valence-corrected chi connectivity index (χ1v) is 7.13. The Kier molecular flexibility index (Phi) is 5.44. The standard InChI is InChI=1S/C17H20ClN/c1-14(10-11-15-6-3-2-4-7-15)19-13-16-8-5-9-17(18)12-16/h2-9,12,14,19H,10-11,13H2,1H3/t14-/m0/s1. The number of nitrogens with one attached hydrogen (secondary N) is 1. The van der Waals surface area contributed by atoms with E-state index in [1.54, 1.807) is 0 Å². The molecule has 0 bridgehead atoms. The summed E-state index contributed by atoms with van der Waals surface area (Å²) < 4.78 is 0. The Morgan fingerprint density at radius 1 is 1.00 bits per heavy atom. The van der Waals surface area contributed by atoms with E-state index in [1.165, 1.54) is 11.1 Å². The van der Waals surface area contributed by atoms with E-state index in [0.29, 0.717) is 6.04 Å². The van der Waals surface area contributed by atoms with Gasteiger partial charge in [0.05, 0.1) is 0 Å². The van der Waals surface area contributed by atoms with E-state index in [9.17, 15) is 0 Å². The van der Waals surface area contributed by atoms with Gasteiger partial charge in [-0.25, -0.2) is 0 Å². The number of aryl methyl sites for hydroxylation is 1. The van der Waals surface area contributed by atoms with Crippen LogP contribution in [-0.4, -0.2) is 6.04 Å². The summed E-state index contributed by atoms with van der Waals surface area (Å²) in [5, 5.41) is 4.34. The van der Waals surface area contributed by atoms with Crippen LogP contribution < -0.4 is 5.32 Å². The van der Waals surface area contributed by atoms with Crippen molar-refractivity contribution in [2.45, 2.75) is 32.4 Å². The summed E-state index contributed by atoms with van der Waals surface area (Å²) in [7, 11) is 0. The molecule has 1 N–H and O–H groups in total. The van der Waals surface area contributed by atoms with Crippen LogP contribution in [0, 0.1) is 0 Å². The van der Waals surface area contributed by atoms with Gasteiger partial charge >= 0.3 is 0 Å². The average molecular weight is 274 g/mol. The van der Waals surface area contributed by atoms with Gasteiger partial charge in [0.2, 0.25) is 0 Å². The van der Waals surface area contributed by atoms with Crippen molar-refractivity contribution in [3.8, 4) is 0 Å². The highest BCUT2D eigenvalue weighted by Crippen LogP contribution is 2.11. The third kappa shape index (κ3) is 5.06. The van der Waals surface area contributed by atoms with Crippen LogP contribution in [0.1, 0.15) is 24.5 Å². The topological polar surface area (TPSA) is 12.0 Å². The maximum Gasteiger partial charge on any atom is 0.0409 e. The van der Waals surface area contributed by atoms with Crippen LogP contribution in [0.4, 0.5) is 0 Å². The summed E-state index contributed by atoms with van der Waals surface area (Å²) in [6, 6.07) is 19.1. The predicted octanol–water partition coefficient (Wildman–Crippen LogP) is 4.45. The maximum absolute atomic E-state index is 5.97. The summed E-state index contributed by atoms with van der Waals surface area (Å²) >= 11 is 5.97. The fourth-order valence-corrected chi connectivity index (χ4v) is 2.28. The van der Waals surface area contributed by atoms with Crippen molar-refractivity contribution >= 4 is 11.6 Å². The molecule has 0 radical (unpaired) electrons. The zero-order chi connectivity index (χ0) is 13.5. The molecular formula is C17H20ClN. The van der Waals surface area contributed by atoms with Crippen molar-refractivity contribution in [3.05, 3.63) is 70.7 Å². The highest BCUT2D eigenvalue weighted by Gasteiger charge is 2.02. The minimum Gasteiger partial charge on any atom is -0.310 e. The fraction of sp³-hybridized carbons (Fsp3) is 0.294. The van der Waals surface area contributed by atoms with Crippen molar-refractivity contribution in [2.24, 2.45) is 0 Å². The Labute approximate surface area is 120 Å². The smallest absolute Gasteiger partial charge is 0.0409 e. The number of hydrogen-bond acceptors (Lipinski definition) is 1. The quantitative estimate of drug-likeness (QED) is 0.820. The van der Waals surface area contributed by atoms with Crippen LogP contribution in [0.5, 0.6) is 0 Å². The summed E-state index contributed by atoms with van der Waals surface area (Å²) in [5.41, 5.74) is 2.64. The van der Waals surface area contributed by atoms with Crippen LogP contribution in [0.15, 0.2) is 54.6 Å². The first-order valence-electron chi connectivity index (χ1n) is 6.76. The second-order valence-electron chi connectivity index (χ2n) is 4.94. The number of benzene rings is 2. The number of halogens is 1. The molecule has 0 unspecified atom stereocenters. The third-order valence-corrected chi connectivity index (χ3v) is 3.49. The Bertz CT molecular complexity index is 496. The predicted molar refractivity (Wildman–Crippen MR) is 82.5 cm³/mol. The monoisotopic (exact) mass is 273 g/mol. The Morgan fingerprint density at radius 3 is 2.47 bits per heavy atom. The molecule has 1 atom stereocenters. The molecule has 2 heteroatoms. The molecule has 100 valence electrons. The van der Waals surface area contributed by atoms with E-state index in [1.807, 2.05) is 18.2 Å². The molecule has 0 aliphatic rings. The molecule has 2 aromatic rings. The van der Waals surface area contributed by atoms with Gasteiger partial charge in [-0.1, -0.05) is 54.1 Å². The minimum absolute atomic E-state index is 0.499. The molecule has 19 heavy (non-hydrogen) atoms. The molecule has 0 aliphatic heterocycles. The van der Waals surface area contributed by atoms with E-state index < -0.39 is 0 Å². The largest absolute Gasteiger partial charge is 0.310 e. The van der Waals surface area contributed by atoms with Gasteiger partial charge in [-0.2, -0.15) is 0 Å². The molecule has 1 nitrogen and oxygen atoms in total. The second kappa shape index (κ2) is 7.32. The Hall–Kier alpha value is -1.31. The van der Waals surface area contributed by atoms with E-state index in [-0.39, 0.29) is 0 Å². The van der Waals surface area contributed by atoms with Gasteiger partial charge in [0.25, 0.3) is 0 Å². The molecule has 0 saturated carbocycles. The maximum atomic E-state index is 5.97. The van der Waals surface area contributed by atoms with Crippen molar-refractivity contribution < 1.29 is 0 Å².